The summed E-state index contributed by atoms with van der Waals surface area (Å²) in [5.41, 5.74) is 0. The molecule has 0 aromatic carbocycles. The number of piperidine rings is 1. The Balaban J connectivity index is 2.41. The van der Waals surface area contributed by atoms with Crippen LogP contribution in [-0.2, 0) is 14.3 Å². The van der Waals surface area contributed by atoms with E-state index in [-0.39, 0.29) is 11.9 Å². The third-order valence-electron chi connectivity index (χ3n) is 3.34. The van der Waals surface area contributed by atoms with Gasteiger partial charge in [0.1, 0.15) is 0 Å². The van der Waals surface area contributed by atoms with Crippen molar-refractivity contribution in [2.45, 2.75) is 39.2 Å². The Morgan fingerprint density at radius 3 is 2.26 bits per heavy atom. The molecule has 112 valence electrons. The molecule has 1 N–H and O–H groups in total. The Morgan fingerprint density at radius 1 is 1.16 bits per heavy atom. The van der Waals surface area contributed by atoms with Crippen molar-refractivity contribution in [2.24, 2.45) is 0 Å². The minimum atomic E-state index is -0.0167. The van der Waals surface area contributed by atoms with Gasteiger partial charge in [0.2, 0.25) is 5.91 Å². The normalized spacial score (nSPS) is 19.4. The van der Waals surface area contributed by atoms with Crippen molar-refractivity contribution in [1.29, 1.82) is 0 Å². The lowest BCUT2D eigenvalue weighted by atomic mass is 10.0. The lowest BCUT2D eigenvalue weighted by molar-refractivity contribution is -0.135. The van der Waals surface area contributed by atoms with Gasteiger partial charge in [-0.3, -0.25) is 4.79 Å². The van der Waals surface area contributed by atoms with Crippen LogP contribution in [0.2, 0.25) is 0 Å². The Hall–Kier alpha value is -0.650. The average molecular weight is 272 g/mol. The molecule has 0 bridgehead atoms. The van der Waals surface area contributed by atoms with Gasteiger partial charge in [-0.2, -0.15) is 0 Å². The van der Waals surface area contributed by atoms with Gasteiger partial charge in [-0.15, -0.1) is 0 Å². The highest BCUT2D eigenvalue weighted by atomic mass is 16.5. The van der Waals surface area contributed by atoms with Gasteiger partial charge >= 0.3 is 0 Å². The van der Waals surface area contributed by atoms with E-state index in [0.717, 1.165) is 19.4 Å². The maximum absolute atomic E-state index is 12.4. The van der Waals surface area contributed by atoms with Gasteiger partial charge < -0.3 is 19.7 Å². The summed E-state index contributed by atoms with van der Waals surface area (Å²) in [4.78, 5) is 14.3. The number of amides is 1. The van der Waals surface area contributed by atoms with E-state index in [4.69, 9.17) is 9.47 Å². The molecule has 0 radical (unpaired) electrons. The van der Waals surface area contributed by atoms with E-state index >= 15 is 0 Å². The van der Waals surface area contributed by atoms with Crippen LogP contribution in [0.25, 0.3) is 0 Å². The van der Waals surface area contributed by atoms with Crippen LogP contribution < -0.4 is 5.32 Å². The van der Waals surface area contributed by atoms with Crippen LogP contribution in [0.15, 0.2) is 0 Å². The molecular weight excluding hydrogens is 244 g/mol. The minimum Gasteiger partial charge on any atom is -0.380 e. The van der Waals surface area contributed by atoms with Crippen LogP contribution in [-0.4, -0.2) is 62.9 Å². The van der Waals surface area contributed by atoms with Gasteiger partial charge in [0, 0.05) is 26.3 Å². The Bertz CT molecular complexity index is 233. The summed E-state index contributed by atoms with van der Waals surface area (Å²) < 4.78 is 10.7. The first kappa shape index (κ1) is 16.4. The number of rotatable bonds is 9. The van der Waals surface area contributed by atoms with E-state index in [1.807, 2.05) is 18.7 Å². The van der Waals surface area contributed by atoms with Crippen LogP contribution in [0.1, 0.15) is 33.1 Å². The summed E-state index contributed by atoms with van der Waals surface area (Å²) in [7, 11) is 0. The van der Waals surface area contributed by atoms with Crippen molar-refractivity contribution in [3.05, 3.63) is 0 Å². The van der Waals surface area contributed by atoms with Crippen LogP contribution >= 0.6 is 0 Å². The first-order valence-electron chi connectivity index (χ1n) is 7.47. The Labute approximate surface area is 116 Å². The molecule has 0 aliphatic carbocycles. The molecule has 19 heavy (non-hydrogen) atoms. The molecule has 1 aliphatic heterocycles. The topological polar surface area (TPSA) is 50.8 Å². The largest absolute Gasteiger partial charge is 0.380 e. The predicted octanol–water partition coefficient (Wildman–Crippen LogP) is 1.03. The van der Waals surface area contributed by atoms with E-state index in [1.54, 1.807) is 0 Å². The van der Waals surface area contributed by atoms with Crippen molar-refractivity contribution < 1.29 is 14.3 Å². The van der Waals surface area contributed by atoms with Crippen molar-refractivity contribution in [3.63, 3.8) is 0 Å². The molecule has 1 saturated heterocycles. The summed E-state index contributed by atoms with van der Waals surface area (Å²) in [6.45, 7) is 8.76. The zero-order valence-electron chi connectivity index (χ0n) is 12.3. The maximum Gasteiger partial charge on any atom is 0.239 e. The van der Waals surface area contributed by atoms with E-state index in [9.17, 15) is 4.79 Å². The van der Waals surface area contributed by atoms with Crippen LogP contribution in [0, 0.1) is 0 Å². The number of ether oxygens (including phenoxy) is 2. The van der Waals surface area contributed by atoms with Crippen molar-refractivity contribution >= 4 is 5.91 Å². The van der Waals surface area contributed by atoms with Gasteiger partial charge in [-0.1, -0.05) is 6.42 Å². The Morgan fingerprint density at radius 2 is 1.79 bits per heavy atom. The molecule has 5 nitrogen and oxygen atoms in total. The van der Waals surface area contributed by atoms with Crippen LogP contribution in [0.5, 0.6) is 0 Å². The van der Waals surface area contributed by atoms with E-state index in [1.165, 1.54) is 6.42 Å². The standard InChI is InChI=1S/C14H28N2O3/c1-3-18-11-9-16(10-12-19-4-2)14(17)13-7-5-6-8-15-13/h13,15H,3-12H2,1-2H3/t13-/m1/s1. The third-order valence-corrected chi connectivity index (χ3v) is 3.34. The summed E-state index contributed by atoms with van der Waals surface area (Å²) in [5.74, 6) is 0.194. The molecule has 5 heteroatoms. The van der Waals surface area contributed by atoms with Gasteiger partial charge in [0.05, 0.1) is 19.3 Å². The van der Waals surface area contributed by atoms with Crippen molar-refractivity contribution in [3.8, 4) is 0 Å². The number of hydrogen-bond donors (Lipinski definition) is 1. The van der Waals surface area contributed by atoms with Gasteiger partial charge in [0.15, 0.2) is 0 Å². The lowest BCUT2D eigenvalue weighted by Gasteiger charge is -2.30. The first-order chi connectivity index (χ1) is 9.29. The molecule has 0 aromatic rings. The highest BCUT2D eigenvalue weighted by Crippen LogP contribution is 2.10. The number of carbonyl (C=O) groups is 1. The molecular formula is C14H28N2O3. The third kappa shape index (κ3) is 6.36. The SMILES string of the molecule is CCOCCN(CCOCC)C(=O)[C@H]1CCCCN1. The van der Waals surface area contributed by atoms with Crippen LogP contribution in [0.4, 0.5) is 0 Å². The smallest absolute Gasteiger partial charge is 0.239 e. The highest BCUT2D eigenvalue weighted by molar-refractivity contribution is 5.82. The fraction of sp³-hybridized carbons (Fsp3) is 0.929. The number of nitrogens with one attached hydrogen (secondary N) is 1. The lowest BCUT2D eigenvalue weighted by Crippen LogP contribution is -2.50. The molecule has 0 unspecified atom stereocenters. The molecule has 0 saturated carbocycles. The molecule has 1 atom stereocenters. The maximum atomic E-state index is 12.4. The molecule has 1 heterocycles. The quantitative estimate of drug-likeness (QED) is 0.637. The second-order valence-corrected chi connectivity index (χ2v) is 4.72. The monoisotopic (exact) mass is 272 g/mol. The number of carbonyl (C=O) groups excluding carboxylic acids is 1. The summed E-state index contributed by atoms with van der Waals surface area (Å²) in [6, 6.07) is -0.0167. The predicted molar refractivity (Wildman–Crippen MR) is 75.2 cm³/mol. The first-order valence-corrected chi connectivity index (χ1v) is 7.47. The molecule has 1 aliphatic rings. The molecule has 0 spiro atoms. The van der Waals surface area contributed by atoms with E-state index in [2.05, 4.69) is 5.32 Å². The van der Waals surface area contributed by atoms with Crippen molar-refractivity contribution in [2.75, 3.05) is 46.1 Å². The minimum absolute atomic E-state index is 0.0167. The van der Waals surface area contributed by atoms with Crippen LogP contribution in [0.3, 0.4) is 0 Å². The van der Waals surface area contributed by atoms with E-state index < -0.39 is 0 Å². The molecule has 1 fully saturated rings. The molecule has 0 aromatic heterocycles. The van der Waals surface area contributed by atoms with Gasteiger partial charge in [-0.25, -0.2) is 0 Å². The average Bonchev–Trinajstić information content (AvgIpc) is 2.46. The second-order valence-electron chi connectivity index (χ2n) is 4.72. The second kappa shape index (κ2) is 10.2. The zero-order chi connectivity index (χ0) is 13.9. The highest BCUT2D eigenvalue weighted by Gasteiger charge is 2.25. The zero-order valence-corrected chi connectivity index (χ0v) is 12.3. The van der Waals surface area contributed by atoms with Gasteiger partial charge in [-0.05, 0) is 33.2 Å². The molecule has 1 amide bonds. The fourth-order valence-corrected chi connectivity index (χ4v) is 2.25. The van der Waals surface area contributed by atoms with Crippen molar-refractivity contribution in [1.82, 2.24) is 10.2 Å². The number of hydrogen-bond acceptors (Lipinski definition) is 4. The summed E-state index contributed by atoms with van der Waals surface area (Å²) in [6.07, 6.45) is 3.24. The summed E-state index contributed by atoms with van der Waals surface area (Å²) >= 11 is 0. The summed E-state index contributed by atoms with van der Waals surface area (Å²) in [5, 5.41) is 3.31. The number of nitrogens with zero attached hydrogens (tertiary/aromatic N) is 1. The molecule has 1 rings (SSSR count). The Kier molecular flexibility index (Phi) is 8.79. The van der Waals surface area contributed by atoms with E-state index in [0.29, 0.717) is 39.5 Å². The fourth-order valence-electron chi connectivity index (χ4n) is 2.25. The van der Waals surface area contributed by atoms with Gasteiger partial charge in [0.25, 0.3) is 0 Å².